The van der Waals surface area contributed by atoms with E-state index >= 15 is 0 Å². The van der Waals surface area contributed by atoms with E-state index < -0.39 is 0 Å². The van der Waals surface area contributed by atoms with Gasteiger partial charge in [-0.2, -0.15) is 0 Å². The van der Waals surface area contributed by atoms with E-state index in [1.165, 1.54) is 24.8 Å². The van der Waals surface area contributed by atoms with Gasteiger partial charge in [0.1, 0.15) is 5.75 Å². The molecule has 1 saturated carbocycles. The molecule has 1 aliphatic heterocycles. The highest BCUT2D eigenvalue weighted by atomic mass is 35.5. The summed E-state index contributed by atoms with van der Waals surface area (Å²) in [6, 6.07) is 6.17. The van der Waals surface area contributed by atoms with Crippen LogP contribution in [-0.2, 0) is 0 Å². The SMILES string of the molecule is Clc1c(OCC2CC2)cccc1C1CCNC1. The summed E-state index contributed by atoms with van der Waals surface area (Å²) in [5.41, 5.74) is 1.24. The van der Waals surface area contributed by atoms with E-state index in [-0.39, 0.29) is 0 Å². The van der Waals surface area contributed by atoms with Crippen LogP contribution in [0.2, 0.25) is 5.02 Å². The van der Waals surface area contributed by atoms with Gasteiger partial charge in [-0.3, -0.25) is 0 Å². The van der Waals surface area contributed by atoms with Gasteiger partial charge in [0.25, 0.3) is 0 Å². The van der Waals surface area contributed by atoms with E-state index in [0.29, 0.717) is 5.92 Å². The molecule has 0 bridgehead atoms. The zero-order valence-corrected chi connectivity index (χ0v) is 10.7. The number of halogens is 1. The molecule has 0 radical (unpaired) electrons. The zero-order chi connectivity index (χ0) is 11.7. The summed E-state index contributed by atoms with van der Waals surface area (Å²) in [5.74, 6) is 2.18. The topological polar surface area (TPSA) is 21.3 Å². The second-order valence-corrected chi connectivity index (χ2v) is 5.48. The minimum absolute atomic E-state index is 0.548. The van der Waals surface area contributed by atoms with Crippen molar-refractivity contribution in [3.05, 3.63) is 28.8 Å². The lowest BCUT2D eigenvalue weighted by Crippen LogP contribution is -2.08. The molecule has 0 aromatic heterocycles. The number of ether oxygens (including phenoxy) is 1. The Bertz CT molecular complexity index is 397. The first-order valence-corrected chi connectivity index (χ1v) is 6.84. The maximum atomic E-state index is 6.44. The molecule has 2 aliphatic rings. The highest BCUT2D eigenvalue weighted by molar-refractivity contribution is 6.32. The van der Waals surface area contributed by atoms with Crippen molar-refractivity contribution < 1.29 is 4.74 Å². The lowest BCUT2D eigenvalue weighted by Gasteiger charge is -2.14. The van der Waals surface area contributed by atoms with Crippen LogP contribution in [0.25, 0.3) is 0 Å². The molecule has 1 saturated heterocycles. The molecular formula is C14H18ClNO. The fourth-order valence-corrected chi connectivity index (χ4v) is 2.70. The van der Waals surface area contributed by atoms with Crippen LogP contribution in [0, 0.1) is 5.92 Å². The lowest BCUT2D eigenvalue weighted by atomic mass is 9.98. The number of rotatable bonds is 4. The summed E-state index contributed by atoms with van der Waals surface area (Å²) in [6.07, 6.45) is 3.79. The lowest BCUT2D eigenvalue weighted by molar-refractivity contribution is 0.299. The Morgan fingerprint density at radius 1 is 1.29 bits per heavy atom. The Labute approximate surface area is 107 Å². The van der Waals surface area contributed by atoms with Crippen molar-refractivity contribution in [2.24, 2.45) is 5.92 Å². The first-order valence-electron chi connectivity index (χ1n) is 6.46. The molecule has 92 valence electrons. The fourth-order valence-electron chi connectivity index (χ4n) is 2.37. The van der Waals surface area contributed by atoms with Crippen LogP contribution in [0.3, 0.4) is 0 Å². The molecule has 0 spiro atoms. The first-order chi connectivity index (χ1) is 8.34. The average molecular weight is 252 g/mol. The van der Waals surface area contributed by atoms with E-state index in [9.17, 15) is 0 Å². The van der Waals surface area contributed by atoms with E-state index in [0.717, 1.165) is 36.4 Å². The Morgan fingerprint density at radius 3 is 2.88 bits per heavy atom. The Balaban J connectivity index is 1.75. The fraction of sp³-hybridized carbons (Fsp3) is 0.571. The Morgan fingerprint density at radius 2 is 2.18 bits per heavy atom. The predicted octanol–water partition coefficient (Wildman–Crippen LogP) is 3.21. The van der Waals surface area contributed by atoms with Crippen molar-refractivity contribution in [2.75, 3.05) is 19.7 Å². The second kappa shape index (κ2) is 4.87. The summed E-state index contributed by atoms with van der Waals surface area (Å²) in [5, 5.41) is 4.20. The van der Waals surface area contributed by atoms with E-state index in [2.05, 4.69) is 17.4 Å². The molecule has 1 heterocycles. The van der Waals surface area contributed by atoms with Crippen molar-refractivity contribution in [1.82, 2.24) is 5.32 Å². The third kappa shape index (κ3) is 2.58. The average Bonchev–Trinajstić information content (AvgIpc) is 3.01. The molecule has 1 atom stereocenters. The van der Waals surface area contributed by atoms with E-state index in [1.54, 1.807) is 0 Å². The quantitative estimate of drug-likeness (QED) is 0.887. The molecular weight excluding hydrogens is 234 g/mol. The monoisotopic (exact) mass is 251 g/mol. The van der Waals surface area contributed by atoms with Gasteiger partial charge < -0.3 is 10.1 Å². The van der Waals surface area contributed by atoms with Crippen LogP contribution in [0.1, 0.15) is 30.7 Å². The standard InChI is InChI=1S/C14H18ClNO/c15-14-12(11-6-7-16-8-11)2-1-3-13(14)17-9-10-4-5-10/h1-3,10-11,16H,4-9H2. The van der Waals surface area contributed by atoms with Crippen LogP contribution < -0.4 is 10.1 Å². The van der Waals surface area contributed by atoms with Gasteiger partial charge in [-0.1, -0.05) is 23.7 Å². The van der Waals surface area contributed by atoms with Gasteiger partial charge in [0, 0.05) is 6.54 Å². The third-order valence-electron chi connectivity index (χ3n) is 3.66. The van der Waals surface area contributed by atoms with E-state index in [1.807, 2.05) is 6.07 Å². The van der Waals surface area contributed by atoms with Gasteiger partial charge in [-0.05, 0) is 49.3 Å². The molecule has 3 rings (SSSR count). The highest BCUT2D eigenvalue weighted by Gasteiger charge is 2.24. The second-order valence-electron chi connectivity index (χ2n) is 5.10. The van der Waals surface area contributed by atoms with Crippen molar-refractivity contribution in [2.45, 2.75) is 25.2 Å². The minimum atomic E-state index is 0.548. The zero-order valence-electron chi connectivity index (χ0n) is 9.92. The van der Waals surface area contributed by atoms with Gasteiger partial charge in [0.2, 0.25) is 0 Å². The molecule has 1 unspecified atom stereocenters. The van der Waals surface area contributed by atoms with Gasteiger partial charge in [-0.25, -0.2) is 0 Å². The maximum Gasteiger partial charge on any atom is 0.138 e. The predicted molar refractivity (Wildman–Crippen MR) is 69.9 cm³/mol. The van der Waals surface area contributed by atoms with E-state index in [4.69, 9.17) is 16.3 Å². The van der Waals surface area contributed by atoms with Gasteiger partial charge in [-0.15, -0.1) is 0 Å². The van der Waals surface area contributed by atoms with Crippen molar-refractivity contribution in [1.29, 1.82) is 0 Å². The van der Waals surface area contributed by atoms with Crippen LogP contribution in [0.4, 0.5) is 0 Å². The van der Waals surface area contributed by atoms with Crippen molar-refractivity contribution >= 4 is 11.6 Å². The summed E-state index contributed by atoms with van der Waals surface area (Å²) in [6.45, 7) is 2.95. The normalized spacial score (nSPS) is 23.9. The molecule has 1 aromatic rings. The first kappa shape index (κ1) is 11.4. The molecule has 3 heteroatoms. The number of hydrogen-bond donors (Lipinski definition) is 1. The van der Waals surface area contributed by atoms with Gasteiger partial charge in [0.15, 0.2) is 0 Å². The van der Waals surface area contributed by atoms with Gasteiger partial charge in [0.05, 0.1) is 11.6 Å². The summed E-state index contributed by atoms with van der Waals surface area (Å²) >= 11 is 6.44. The molecule has 1 aliphatic carbocycles. The van der Waals surface area contributed by atoms with Crippen molar-refractivity contribution in [3.8, 4) is 5.75 Å². The molecule has 1 aromatic carbocycles. The smallest absolute Gasteiger partial charge is 0.138 e. The van der Waals surface area contributed by atoms with Crippen LogP contribution in [0.15, 0.2) is 18.2 Å². The summed E-state index contributed by atoms with van der Waals surface area (Å²) in [7, 11) is 0. The molecule has 2 fully saturated rings. The third-order valence-corrected chi connectivity index (χ3v) is 4.07. The van der Waals surface area contributed by atoms with Crippen molar-refractivity contribution in [3.63, 3.8) is 0 Å². The number of hydrogen-bond acceptors (Lipinski definition) is 2. The minimum Gasteiger partial charge on any atom is -0.492 e. The summed E-state index contributed by atoms with van der Waals surface area (Å²) < 4.78 is 5.81. The molecule has 2 nitrogen and oxygen atoms in total. The largest absolute Gasteiger partial charge is 0.492 e. The summed E-state index contributed by atoms with van der Waals surface area (Å²) in [4.78, 5) is 0. The Hall–Kier alpha value is -0.730. The maximum absolute atomic E-state index is 6.44. The highest BCUT2D eigenvalue weighted by Crippen LogP contribution is 2.37. The molecule has 17 heavy (non-hydrogen) atoms. The Kier molecular flexibility index (Phi) is 3.26. The van der Waals surface area contributed by atoms with Crippen LogP contribution >= 0.6 is 11.6 Å². The molecule has 0 amide bonds. The number of nitrogens with one attached hydrogen (secondary N) is 1. The van der Waals surface area contributed by atoms with Crippen LogP contribution in [0.5, 0.6) is 5.75 Å². The van der Waals surface area contributed by atoms with Gasteiger partial charge >= 0.3 is 0 Å². The van der Waals surface area contributed by atoms with Crippen LogP contribution in [-0.4, -0.2) is 19.7 Å². The number of benzene rings is 1. The molecule has 1 N–H and O–H groups in total.